The number of thiazole rings is 1. The number of para-hydroxylation sites is 1. The first-order valence-corrected chi connectivity index (χ1v) is 24.3. The normalized spacial score (nSPS) is 19.0. The third-order valence-corrected chi connectivity index (χ3v) is 13.9. The molecule has 13 nitrogen and oxygen atoms in total. The molecule has 0 spiro atoms. The Labute approximate surface area is 409 Å². The van der Waals surface area contributed by atoms with Crippen molar-refractivity contribution in [1.82, 2.24) is 35.4 Å². The third-order valence-electron chi connectivity index (χ3n) is 12.9. The van der Waals surface area contributed by atoms with Gasteiger partial charge in [-0.05, 0) is 73.9 Å². The van der Waals surface area contributed by atoms with Gasteiger partial charge >= 0.3 is 0 Å². The number of H-pyrrole nitrogens is 1. The number of hydrogen-bond acceptors (Lipinski definition) is 10. The number of rotatable bonds is 16. The number of aliphatic hydroxyl groups is 1. The predicted molar refractivity (Wildman–Crippen MR) is 261 cm³/mol. The lowest BCUT2D eigenvalue weighted by Gasteiger charge is -2.43. The summed E-state index contributed by atoms with van der Waals surface area (Å²) in [7, 11) is 0. The minimum Gasteiger partial charge on any atom is -0.487 e. The molecule has 1 saturated heterocycles. The van der Waals surface area contributed by atoms with Gasteiger partial charge in [-0.15, -0.1) is 11.3 Å². The maximum atomic E-state index is 16.2. The number of benzene rings is 3. The van der Waals surface area contributed by atoms with Crippen molar-refractivity contribution in [2.24, 2.45) is 5.41 Å². The molecule has 2 aliphatic rings. The molecule has 0 bridgehead atoms. The zero-order valence-corrected chi connectivity index (χ0v) is 41.3. The van der Waals surface area contributed by atoms with Crippen LogP contribution in [0.5, 0.6) is 5.75 Å². The Morgan fingerprint density at radius 3 is 2.34 bits per heavy atom. The van der Waals surface area contributed by atoms with E-state index in [-0.39, 0.29) is 63.2 Å². The Morgan fingerprint density at radius 2 is 1.69 bits per heavy atom. The molecule has 370 valence electrons. The number of ether oxygens (including phenoxy) is 2. The molecule has 0 aliphatic carbocycles. The lowest BCUT2D eigenvalue weighted by atomic mass is 9.85. The number of aromatic amines is 1. The number of nitrogens with one attached hydrogen (secondary N) is 3. The number of alkyl halides is 1. The quantitative estimate of drug-likeness (QED) is 0.0749. The average molecular weight is 980 g/mol. The molecule has 3 amide bonds. The molecule has 4 N–H and O–H groups in total. The third kappa shape index (κ3) is 11.4. The maximum Gasteiger partial charge on any atom is 0.246 e. The number of aromatic nitrogens is 3. The number of hydrogen-bond donors (Lipinski definition) is 4. The topological polar surface area (TPSA) is 162 Å². The van der Waals surface area contributed by atoms with Gasteiger partial charge < -0.3 is 35.1 Å². The molecule has 17 heteroatoms. The van der Waals surface area contributed by atoms with Crippen LogP contribution < -0.4 is 15.4 Å². The van der Waals surface area contributed by atoms with Gasteiger partial charge in [0, 0.05) is 72.6 Å². The van der Waals surface area contributed by atoms with E-state index in [0.29, 0.717) is 23.4 Å². The van der Waals surface area contributed by atoms with Gasteiger partial charge in [-0.1, -0.05) is 69.3 Å². The monoisotopic (exact) mass is 979 g/mol. The van der Waals surface area contributed by atoms with E-state index in [0.717, 1.165) is 50.3 Å². The van der Waals surface area contributed by atoms with Gasteiger partial charge in [-0.25, -0.2) is 18.2 Å². The highest BCUT2D eigenvalue weighted by molar-refractivity contribution is 7.13. The van der Waals surface area contributed by atoms with Crippen molar-refractivity contribution in [3.63, 3.8) is 0 Å². The number of likely N-dealkylation sites (tertiary alicyclic amines) is 1. The second kappa shape index (κ2) is 20.7. The number of halogens is 3. The molecule has 1 unspecified atom stereocenters. The molecule has 1 fully saturated rings. The minimum atomic E-state index is -1.63. The molecular weight excluding hydrogens is 920 g/mol. The highest BCUT2D eigenvalue weighted by Crippen LogP contribution is 2.44. The van der Waals surface area contributed by atoms with Gasteiger partial charge in [0.15, 0.2) is 0 Å². The van der Waals surface area contributed by atoms with Crippen molar-refractivity contribution >= 4 is 40.0 Å². The maximum absolute atomic E-state index is 16.2. The van der Waals surface area contributed by atoms with Crippen LogP contribution in [0.25, 0.3) is 21.3 Å². The van der Waals surface area contributed by atoms with Crippen LogP contribution in [0.1, 0.15) is 93.3 Å². The predicted octanol–water partition coefficient (Wildman–Crippen LogP) is 8.26. The van der Waals surface area contributed by atoms with Crippen LogP contribution in [0.15, 0.2) is 84.5 Å². The van der Waals surface area contributed by atoms with Crippen molar-refractivity contribution < 1.29 is 42.1 Å². The van der Waals surface area contributed by atoms with Crippen LogP contribution in [-0.4, -0.2) is 97.2 Å². The standard InChI is InChI=1S/C53H60F3N7O6S/c1-30-18-39-38-10-8-9-11-42(38)60-46(39)47(63(30)28-53(6,7)56)45-40(54)20-37(21-41(45)55)69-26-35-17-14-33(23-57-35)25-68-27-44(65)61-49(52(3,4)5)51(67)62-24-36(64)19-43(62)50(66)58-22-32-12-15-34(16-13-32)48-31(2)59-29-70-48/h8-17,20-21,23,29-30,36,43,47,49,60,64H,18-19,22,24-28H2,1-7H3,(H,58,66)(H,61,65)/t30-,36-,43+,47-,49?/m1/s1. The van der Waals surface area contributed by atoms with E-state index >= 15 is 13.2 Å². The van der Waals surface area contributed by atoms with Crippen molar-refractivity contribution in [2.75, 3.05) is 19.7 Å². The zero-order valence-electron chi connectivity index (χ0n) is 40.4. The lowest BCUT2D eigenvalue weighted by Crippen LogP contribution is -2.58. The largest absolute Gasteiger partial charge is 0.487 e. The Bertz CT molecular complexity index is 2820. The van der Waals surface area contributed by atoms with Crippen molar-refractivity contribution in [1.29, 1.82) is 0 Å². The van der Waals surface area contributed by atoms with E-state index < -0.39 is 64.7 Å². The summed E-state index contributed by atoms with van der Waals surface area (Å²) in [6.07, 6.45) is 1.28. The molecule has 5 atom stereocenters. The fourth-order valence-electron chi connectivity index (χ4n) is 9.43. The van der Waals surface area contributed by atoms with Gasteiger partial charge in [-0.3, -0.25) is 24.3 Å². The first kappa shape index (κ1) is 50.3. The Balaban J connectivity index is 0.840. The van der Waals surface area contributed by atoms with Crippen LogP contribution in [0.2, 0.25) is 0 Å². The highest BCUT2D eigenvalue weighted by atomic mass is 32.1. The smallest absolute Gasteiger partial charge is 0.246 e. The Kier molecular flexibility index (Phi) is 14.8. The van der Waals surface area contributed by atoms with Gasteiger partial charge in [0.1, 0.15) is 48.4 Å². The molecule has 70 heavy (non-hydrogen) atoms. The van der Waals surface area contributed by atoms with Crippen LogP contribution in [-0.2, 0) is 45.3 Å². The SMILES string of the molecule is Cc1ncsc1-c1ccc(CNC(=O)[C@@H]2C[C@@H](O)CN2C(=O)C(NC(=O)COCc2ccc(COc3cc(F)c([C@@H]4c5[nH]c6ccccc6c5C[C@@H](C)N4CC(C)(C)F)c(F)c3)nc2)C(C)(C)C)cc1. The van der Waals surface area contributed by atoms with Gasteiger partial charge in [-0.2, -0.15) is 0 Å². The number of β-amino-alcohol motifs (C(OH)–C–C–N with tert-alkyl or cyclic N) is 1. The van der Waals surface area contributed by atoms with Crippen LogP contribution in [0.3, 0.4) is 0 Å². The Morgan fingerprint density at radius 1 is 0.971 bits per heavy atom. The van der Waals surface area contributed by atoms with Gasteiger partial charge in [0.25, 0.3) is 0 Å². The first-order chi connectivity index (χ1) is 33.2. The fourth-order valence-corrected chi connectivity index (χ4v) is 10.2. The summed E-state index contributed by atoms with van der Waals surface area (Å²) < 4.78 is 59.1. The van der Waals surface area contributed by atoms with Crippen molar-refractivity contribution in [3.05, 3.63) is 135 Å². The highest BCUT2D eigenvalue weighted by Gasteiger charge is 2.45. The molecule has 3 aromatic carbocycles. The number of pyridine rings is 1. The molecule has 0 radical (unpaired) electrons. The molecule has 0 saturated carbocycles. The summed E-state index contributed by atoms with van der Waals surface area (Å²) in [6.45, 7) is 11.9. The summed E-state index contributed by atoms with van der Waals surface area (Å²) in [5.74, 6) is -3.11. The molecule has 2 aliphatic heterocycles. The summed E-state index contributed by atoms with van der Waals surface area (Å²) in [5.41, 5.74) is 5.61. The van der Waals surface area contributed by atoms with Gasteiger partial charge in [0.05, 0.1) is 40.5 Å². The molecule has 6 aromatic rings. The van der Waals surface area contributed by atoms with E-state index in [1.807, 2.05) is 67.3 Å². The second-order valence-corrected chi connectivity index (χ2v) is 20.9. The summed E-state index contributed by atoms with van der Waals surface area (Å²) in [5, 5.41) is 17.3. The molecule has 8 rings (SSSR count). The van der Waals surface area contributed by atoms with E-state index in [4.69, 9.17) is 9.47 Å². The minimum absolute atomic E-state index is 0.0101. The molecular formula is C53H60F3N7O6S. The summed E-state index contributed by atoms with van der Waals surface area (Å²) in [4.78, 5) is 57.1. The Hall–Kier alpha value is -6.14. The van der Waals surface area contributed by atoms with Gasteiger partial charge in [0.2, 0.25) is 17.7 Å². The number of aryl methyl sites for hydroxylation is 1. The van der Waals surface area contributed by atoms with Crippen LogP contribution in [0.4, 0.5) is 13.2 Å². The number of aliphatic hydroxyl groups excluding tert-OH is 1. The zero-order chi connectivity index (χ0) is 50.1. The van der Waals surface area contributed by atoms with E-state index in [9.17, 15) is 19.5 Å². The van der Waals surface area contributed by atoms with E-state index in [1.54, 1.807) is 49.8 Å². The molecule has 5 heterocycles. The number of carbonyl (C=O) groups is 3. The average Bonchev–Trinajstić information content (AvgIpc) is 4.03. The number of nitrogens with zero attached hydrogens (tertiary/aromatic N) is 4. The summed E-state index contributed by atoms with van der Waals surface area (Å²) in [6, 6.07) is 18.1. The van der Waals surface area contributed by atoms with E-state index in [2.05, 4.69) is 25.6 Å². The van der Waals surface area contributed by atoms with E-state index in [1.165, 1.54) is 24.9 Å². The van der Waals surface area contributed by atoms with Crippen LogP contribution >= 0.6 is 11.3 Å². The van der Waals surface area contributed by atoms with Crippen molar-refractivity contribution in [2.45, 2.75) is 117 Å². The summed E-state index contributed by atoms with van der Waals surface area (Å²) >= 11 is 1.56. The first-order valence-electron chi connectivity index (χ1n) is 23.5. The number of fused-ring (bicyclic) bond motifs is 3. The van der Waals surface area contributed by atoms with Crippen molar-refractivity contribution in [3.8, 4) is 16.2 Å². The number of amides is 3. The lowest BCUT2D eigenvalue weighted by molar-refractivity contribution is -0.144. The molecule has 3 aromatic heterocycles. The second-order valence-electron chi connectivity index (χ2n) is 20.1. The fraction of sp³-hybridized carbons (Fsp3) is 0.415. The number of carbonyl (C=O) groups excluding carboxylic acids is 3. The van der Waals surface area contributed by atoms with Crippen LogP contribution in [0, 0.1) is 24.0 Å².